The van der Waals surface area contributed by atoms with Crippen LogP contribution >= 0.6 is 11.8 Å². The van der Waals surface area contributed by atoms with Crippen molar-refractivity contribution in [1.29, 1.82) is 0 Å². The number of fused-ring (bicyclic) bond motifs is 2. The molecular weight excluding hydrogens is 1180 g/mol. The topological polar surface area (TPSA) is 437 Å². The Hall–Kier alpha value is -8.78. The quantitative estimate of drug-likeness (QED) is 0.0378. The maximum absolute atomic E-state index is 15.0. The van der Waals surface area contributed by atoms with E-state index in [0.717, 1.165) is 43.4 Å². The first-order valence-electron chi connectivity index (χ1n) is 29.0. The Kier molecular flexibility index (Phi) is 25.7. The second kappa shape index (κ2) is 33.0. The lowest BCUT2D eigenvalue weighted by Crippen LogP contribution is -2.60. The van der Waals surface area contributed by atoms with E-state index in [1.165, 1.54) is 37.7 Å². The van der Waals surface area contributed by atoms with Gasteiger partial charge in [0.2, 0.25) is 65.0 Å². The fourth-order valence-electron chi connectivity index (χ4n) is 9.75. The van der Waals surface area contributed by atoms with E-state index in [1.54, 1.807) is 26.0 Å². The normalized spacial score (nSPS) is 22.4. The smallest absolute Gasteiger partial charge is 0.253 e. The van der Waals surface area contributed by atoms with Crippen LogP contribution in [0.4, 0.5) is 5.69 Å². The lowest BCUT2D eigenvalue weighted by Gasteiger charge is -2.32. The number of nitrogens with zero attached hydrogens (tertiary/aromatic N) is 2. The number of aromatic nitrogens is 1. The molecule has 0 saturated carbocycles. The van der Waals surface area contributed by atoms with E-state index < -0.39 is 183 Å². The molecule has 3 aliphatic heterocycles. The van der Waals surface area contributed by atoms with Crippen molar-refractivity contribution < 1.29 is 77.6 Å². The van der Waals surface area contributed by atoms with Crippen molar-refractivity contribution in [2.24, 2.45) is 11.8 Å². The average molecular weight is 1260 g/mol. The molecule has 15 N–H and O–H groups in total. The SMILES string of the molecule is CC[C@H](C)[C@@H]1NC(=O)CNC(=O)CNC(=O)[C@H]([C@@H](C)[C@@H](O)CO)NC(=O)[C@@H]2C[C@@H](O)CN2C(=O)[C@H](CC(=O)NCc2ccc(NC(=O)[C@H](C)NC(=O)CNC(=O)CCN3C(=O)C=CC3=O)cc2)NC[C@H](CSc2[nH]c3ccccc3c2C)NC(=O)CNC1=O. The second-order valence-electron chi connectivity index (χ2n) is 21.9. The standard InChI is InChI=1S/C58H78N14O16S/c1-6-30(2)51-55(86)64-26-47(80)66-36(29-89-57-31(3)38-9-7-8-10-39(38)68-57)22-59-40(58(88)72-27-37(74)19-41(72)54(85)70-52(32(4)42(75)28-73)56(87)63-23-45(78)62-25-48(81)69-51)20-44(77)60-21-34-11-13-35(14-12-34)67-53(84)33(5)65-46(79)24-61-43(76)17-18-71-49(82)15-16-50(71)83/h7-16,30,32-33,36-37,40-42,51-52,59,68,73-75H,6,17-29H2,1-5H3,(H,60,77)(H,61,76)(H,62,78)(H,63,87)(H,64,86)(H,65,79)(H,66,80)(H,67,84)(H,69,81)(H,70,85)/t30-,32-,33-,36+,37+,40-,41-,42-,51-,52-/m0/s1. The Morgan fingerprint density at radius 1 is 0.764 bits per heavy atom. The Labute approximate surface area is 516 Å². The van der Waals surface area contributed by atoms with Crippen molar-refractivity contribution in [3.63, 3.8) is 0 Å². The van der Waals surface area contributed by atoms with Crippen LogP contribution in [0.25, 0.3) is 10.9 Å². The molecule has 2 fully saturated rings. The average Bonchev–Trinajstić information content (AvgIpc) is 1.97. The summed E-state index contributed by atoms with van der Waals surface area (Å²) < 4.78 is 0. The molecule has 1 aromatic heterocycles. The molecule has 13 amide bonds. The van der Waals surface area contributed by atoms with Gasteiger partial charge in [0.05, 0.1) is 68.5 Å². The van der Waals surface area contributed by atoms with Crippen LogP contribution in [0, 0.1) is 18.8 Å². The van der Waals surface area contributed by atoms with Gasteiger partial charge in [0.15, 0.2) is 0 Å². The number of H-pyrrole nitrogens is 1. The fraction of sp³-hybridized carbons (Fsp3) is 0.500. The number of nitrogens with one attached hydrogen (secondary N) is 12. The van der Waals surface area contributed by atoms with Gasteiger partial charge in [0.25, 0.3) is 11.8 Å². The van der Waals surface area contributed by atoms with Gasteiger partial charge in [-0.25, -0.2) is 0 Å². The van der Waals surface area contributed by atoms with Gasteiger partial charge in [0, 0.05) is 79.4 Å². The van der Waals surface area contributed by atoms with Crippen LogP contribution in [0.15, 0.2) is 65.7 Å². The summed E-state index contributed by atoms with van der Waals surface area (Å²) in [7, 11) is 0. The summed E-state index contributed by atoms with van der Waals surface area (Å²) in [6, 6.07) is 6.18. The highest BCUT2D eigenvalue weighted by atomic mass is 32.2. The zero-order valence-electron chi connectivity index (χ0n) is 49.9. The van der Waals surface area contributed by atoms with Crippen LogP contribution in [0.5, 0.6) is 0 Å². The monoisotopic (exact) mass is 1260 g/mol. The van der Waals surface area contributed by atoms with Gasteiger partial charge in [-0.2, -0.15) is 0 Å². The van der Waals surface area contributed by atoms with Crippen LogP contribution in [0.2, 0.25) is 0 Å². The minimum atomic E-state index is -1.65. The zero-order valence-corrected chi connectivity index (χ0v) is 50.7. The Bertz CT molecular complexity index is 3140. The molecule has 0 bridgehead atoms. The first kappa shape index (κ1) is 69.3. The molecule has 2 saturated heterocycles. The number of aliphatic hydroxyl groups excluding tert-OH is 3. The number of aliphatic hydroxyl groups is 3. The molecule has 89 heavy (non-hydrogen) atoms. The number of imide groups is 1. The summed E-state index contributed by atoms with van der Waals surface area (Å²) in [5.41, 5.74) is 2.62. The van der Waals surface area contributed by atoms with Gasteiger partial charge in [0.1, 0.15) is 24.2 Å². The van der Waals surface area contributed by atoms with E-state index in [2.05, 4.69) is 63.5 Å². The first-order chi connectivity index (χ1) is 42.3. The summed E-state index contributed by atoms with van der Waals surface area (Å²) in [6.07, 6.45) is -1.44. The van der Waals surface area contributed by atoms with Crippen molar-refractivity contribution in [2.45, 2.75) is 120 Å². The Morgan fingerprint density at radius 3 is 2.09 bits per heavy atom. The molecule has 3 aliphatic rings. The summed E-state index contributed by atoms with van der Waals surface area (Å²) >= 11 is 1.34. The van der Waals surface area contributed by atoms with Gasteiger partial charge in [-0.15, -0.1) is 11.8 Å². The first-order valence-corrected chi connectivity index (χ1v) is 30.0. The highest BCUT2D eigenvalue weighted by Crippen LogP contribution is 2.29. The zero-order chi connectivity index (χ0) is 65.1. The summed E-state index contributed by atoms with van der Waals surface area (Å²) in [5, 5.41) is 61.9. The van der Waals surface area contributed by atoms with Crippen molar-refractivity contribution in [3.05, 3.63) is 71.8 Å². The van der Waals surface area contributed by atoms with Gasteiger partial charge in [-0.3, -0.25) is 67.2 Å². The number of hydrogen-bond donors (Lipinski definition) is 15. The third-order valence-corrected chi connectivity index (χ3v) is 16.5. The number of aromatic amines is 1. The number of carbonyl (C=O) groups excluding carboxylic acids is 13. The van der Waals surface area contributed by atoms with Crippen LogP contribution < -0.4 is 58.5 Å². The van der Waals surface area contributed by atoms with Crippen LogP contribution in [-0.2, 0) is 68.9 Å². The van der Waals surface area contributed by atoms with Crippen molar-refractivity contribution in [3.8, 4) is 0 Å². The number of hydrogen-bond acceptors (Lipinski definition) is 18. The number of carbonyl (C=O) groups is 13. The number of amides is 13. The molecule has 0 aliphatic carbocycles. The predicted molar refractivity (Wildman–Crippen MR) is 321 cm³/mol. The largest absolute Gasteiger partial charge is 0.394 e. The van der Waals surface area contributed by atoms with Gasteiger partial charge in [-0.1, -0.05) is 57.5 Å². The molecule has 0 spiro atoms. The van der Waals surface area contributed by atoms with E-state index >= 15 is 0 Å². The van der Waals surface area contributed by atoms with Crippen molar-refractivity contribution >= 4 is 105 Å². The maximum Gasteiger partial charge on any atom is 0.253 e. The number of thioether (sulfide) groups is 1. The number of rotatable bonds is 20. The summed E-state index contributed by atoms with van der Waals surface area (Å²) in [6.45, 7) is 4.03. The molecule has 6 rings (SSSR count). The molecule has 0 unspecified atom stereocenters. The van der Waals surface area contributed by atoms with E-state index in [9.17, 15) is 77.6 Å². The number of aryl methyl sites for hydroxylation is 1. The Morgan fingerprint density at radius 2 is 1.42 bits per heavy atom. The van der Waals surface area contributed by atoms with E-state index in [-0.39, 0.29) is 38.2 Å². The van der Waals surface area contributed by atoms with E-state index in [4.69, 9.17) is 0 Å². The highest BCUT2D eigenvalue weighted by molar-refractivity contribution is 7.99. The summed E-state index contributed by atoms with van der Waals surface area (Å²) in [4.78, 5) is 177. The highest BCUT2D eigenvalue weighted by Gasteiger charge is 2.44. The van der Waals surface area contributed by atoms with Crippen LogP contribution in [0.3, 0.4) is 0 Å². The molecule has 482 valence electrons. The molecular formula is C58H78N14O16S. The molecule has 0 radical (unpaired) electrons. The van der Waals surface area contributed by atoms with Crippen molar-refractivity contribution in [1.82, 2.24) is 68.0 Å². The molecule has 31 heteroatoms. The lowest BCUT2D eigenvalue weighted by atomic mass is 9.94. The Balaban J connectivity index is 1.19. The van der Waals surface area contributed by atoms with Gasteiger partial charge >= 0.3 is 0 Å². The van der Waals surface area contributed by atoms with E-state index in [1.807, 2.05) is 31.2 Å². The van der Waals surface area contributed by atoms with Gasteiger partial charge in [-0.05, 0) is 49.1 Å². The fourth-order valence-corrected chi connectivity index (χ4v) is 10.8. The molecule has 3 aromatic rings. The minimum Gasteiger partial charge on any atom is -0.394 e. The minimum absolute atomic E-state index is 0.101. The third kappa shape index (κ3) is 20.1. The molecule has 10 atom stereocenters. The number of para-hydroxylation sites is 1. The van der Waals surface area contributed by atoms with E-state index in [0.29, 0.717) is 17.7 Å². The second-order valence-corrected chi connectivity index (χ2v) is 23.0. The van der Waals surface area contributed by atoms with Crippen LogP contribution in [0.1, 0.15) is 64.5 Å². The maximum atomic E-state index is 15.0. The number of anilines is 1. The van der Waals surface area contributed by atoms with Gasteiger partial charge < -0.3 is 83.7 Å². The van der Waals surface area contributed by atoms with Crippen LogP contribution in [-0.4, -0.2) is 214 Å². The predicted octanol–water partition coefficient (Wildman–Crippen LogP) is -4.08. The molecule has 2 aromatic carbocycles. The molecule has 30 nitrogen and oxygen atoms in total. The summed E-state index contributed by atoms with van der Waals surface area (Å²) in [5.74, 6) is -11.0. The lowest BCUT2D eigenvalue weighted by molar-refractivity contribution is -0.142. The third-order valence-electron chi connectivity index (χ3n) is 15.3. The van der Waals surface area contributed by atoms with Crippen molar-refractivity contribution in [2.75, 3.05) is 63.5 Å². The molecule has 4 heterocycles. The number of benzene rings is 2.